The Morgan fingerprint density at radius 3 is 2.95 bits per heavy atom. The van der Waals surface area contributed by atoms with E-state index in [-0.39, 0.29) is 6.09 Å². The predicted octanol–water partition coefficient (Wildman–Crippen LogP) is 1.80. The second-order valence-corrected chi connectivity index (χ2v) is 5.16. The first-order valence-corrected chi connectivity index (χ1v) is 6.93. The van der Waals surface area contributed by atoms with Crippen LogP contribution < -0.4 is 9.47 Å². The van der Waals surface area contributed by atoms with E-state index in [1.54, 1.807) is 11.9 Å². The molecule has 0 saturated heterocycles. The number of rotatable bonds is 3. The second kappa shape index (κ2) is 5.23. The van der Waals surface area contributed by atoms with Crippen LogP contribution >= 0.6 is 0 Å². The zero-order chi connectivity index (χ0) is 14.1. The highest BCUT2D eigenvalue weighted by Gasteiger charge is 2.26. The number of nitrogens with zero attached hydrogens (tertiary/aromatic N) is 1. The number of hydrogen-bond donors (Lipinski definition) is 0. The molecule has 0 aromatic heterocycles. The molecule has 5 nitrogen and oxygen atoms in total. The van der Waals surface area contributed by atoms with Crippen molar-refractivity contribution in [3.05, 3.63) is 22.8 Å². The third-order valence-corrected chi connectivity index (χ3v) is 3.94. The van der Waals surface area contributed by atoms with Gasteiger partial charge in [0.1, 0.15) is 11.5 Å². The molecule has 1 aromatic rings. The van der Waals surface area contributed by atoms with Crippen LogP contribution in [0.25, 0.3) is 0 Å². The molecule has 20 heavy (non-hydrogen) atoms. The lowest BCUT2D eigenvalue weighted by atomic mass is 9.97. The van der Waals surface area contributed by atoms with E-state index in [0.717, 1.165) is 44.0 Å². The molecule has 0 saturated carbocycles. The Morgan fingerprint density at radius 2 is 2.15 bits per heavy atom. The van der Waals surface area contributed by atoms with Crippen molar-refractivity contribution < 1.29 is 19.0 Å². The van der Waals surface area contributed by atoms with Gasteiger partial charge in [-0.2, -0.15) is 0 Å². The highest BCUT2D eigenvalue weighted by atomic mass is 16.5. The lowest BCUT2D eigenvalue weighted by Gasteiger charge is -2.18. The number of amides is 1. The lowest BCUT2D eigenvalue weighted by Crippen LogP contribution is -2.28. The molecule has 1 amide bonds. The second-order valence-electron chi connectivity index (χ2n) is 5.16. The van der Waals surface area contributed by atoms with Crippen LogP contribution in [0.4, 0.5) is 4.79 Å². The standard InChI is InChI=1S/C15H19NO4/c1-16(15(17)18-2)6-3-12-11-5-8-19-13(11)9-10-4-7-20-14(10)12/h9H,3-8H2,1-2H3. The smallest absolute Gasteiger partial charge is 0.409 e. The molecule has 2 aliphatic rings. The number of methoxy groups -OCH3 is 1. The molecule has 0 N–H and O–H groups in total. The molecular formula is C15H19NO4. The summed E-state index contributed by atoms with van der Waals surface area (Å²) in [5.41, 5.74) is 3.66. The van der Waals surface area contributed by atoms with Crippen LogP contribution in [0.3, 0.4) is 0 Å². The number of ether oxygens (including phenoxy) is 3. The monoisotopic (exact) mass is 277 g/mol. The van der Waals surface area contributed by atoms with E-state index < -0.39 is 0 Å². The summed E-state index contributed by atoms with van der Waals surface area (Å²) >= 11 is 0. The molecule has 5 heteroatoms. The summed E-state index contributed by atoms with van der Waals surface area (Å²) in [5, 5.41) is 0. The van der Waals surface area contributed by atoms with Crippen molar-refractivity contribution in [2.75, 3.05) is 33.9 Å². The maximum absolute atomic E-state index is 11.4. The number of fused-ring (bicyclic) bond motifs is 2. The summed E-state index contributed by atoms with van der Waals surface area (Å²) in [6, 6.07) is 2.11. The van der Waals surface area contributed by atoms with Crippen LogP contribution in [0.1, 0.15) is 16.7 Å². The minimum atomic E-state index is -0.314. The Hall–Kier alpha value is -1.91. The van der Waals surface area contributed by atoms with Crippen molar-refractivity contribution in [1.82, 2.24) is 4.90 Å². The van der Waals surface area contributed by atoms with E-state index in [9.17, 15) is 4.79 Å². The molecule has 0 bridgehead atoms. The normalized spacial score (nSPS) is 15.1. The van der Waals surface area contributed by atoms with Gasteiger partial charge < -0.3 is 19.1 Å². The Balaban J connectivity index is 1.84. The number of hydrogen-bond acceptors (Lipinski definition) is 4. The quantitative estimate of drug-likeness (QED) is 0.845. The molecule has 0 aliphatic carbocycles. The molecule has 2 heterocycles. The van der Waals surface area contributed by atoms with E-state index >= 15 is 0 Å². The third-order valence-electron chi connectivity index (χ3n) is 3.94. The van der Waals surface area contributed by atoms with Gasteiger partial charge in [-0.25, -0.2) is 4.79 Å². The van der Waals surface area contributed by atoms with Gasteiger partial charge in [0.25, 0.3) is 0 Å². The highest BCUT2D eigenvalue weighted by molar-refractivity contribution is 5.67. The fraction of sp³-hybridized carbons (Fsp3) is 0.533. The van der Waals surface area contributed by atoms with Crippen LogP contribution in [0.2, 0.25) is 0 Å². The largest absolute Gasteiger partial charge is 0.493 e. The summed E-state index contributed by atoms with van der Waals surface area (Å²) in [5.74, 6) is 2.00. The first-order valence-electron chi connectivity index (χ1n) is 6.93. The fourth-order valence-corrected chi connectivity index (χ4v) is 2.88. The number of likely N-dealkylation sites (N-methyl/N-ethyl adjacent to an activating group) is 1. The first kappa shape index (κ1) is 13.1. The van der Waals surface area contributed by atoms with Crippen molar-refractivity contribution in [2.24, 2.45) is 0 Å². The molecule has 0 fully saturated rings. The van der Waals surface area contributed by atoms with Crippen LogP contribution in [-0.2, 0) is 24.0 Å². The highest BCUT2D eigenvalue weighted by Crippen LogP contribution is 2.40. The summed E-state index contributed by atoms with van der Waals surface area (Å²) in [6.07, 6.45) is 2.31. The molecule has 108 valence electrons. The van der Waals surface area contributed by atoms with E-state index in [1.807, 2.05) is 0 Å². The minimum Gasteiger partial charge on any atom is -0.493 e. The number of benzene rings is 1. The minimum absolute atomic E-state index is 0.314. The zero-order valence-corrected chi connectivity index (χ0v) is 11.9. The van der Waals surface area contributed by atoms with Gasteiger partial charge in [0, 0.05) is 43.1 Å². The van der Waals surface area contributed by atoms with E-state index in [0.29, 0.717) is 6.54 Å². The number of carbonyl (C=O) groups excluding carboxylic acids is 1. The van der Waals surface area contributed by atoms with Gasteiger partial charge in [0.05, 0.1) is 20.3 Å². The molecule has 0 atom stereocenters. The lowest BCUT2D eigenvalue weighted by molar-refractivity contribution is 0.133. The first-order chi connectivity index (χ1) is 9.70. The average molecular weight is 277 g/mol. The van der Waals surface area contributed by atoms with Crippen molar-refractivity contribution in [3.8, 4) is 11.5 Å². The van der Waals surface area contributed by atoms with Gasteiger partial charge >= 0.3 is 6.09 Å². The Bertz CT molecular complexity index is 509. The predicted molar refractivity (Wildman–Crippen MR) is 73.6 cm³/mol. The van der Waals surface area contributed by atoms with Crippen molar-refractivity contribution in [3.63, 3.8) is 0 Å². The number of carbonyl (C=O) groups is 1. The van der Waals surface area contributed by atoms with E-state index in [2.05, 4.69) is 6.07 Å². The van der Waals surface area contributed by atoms with Crippen molar-refractivity contribution in [1.29, 1.82) is 0 Å². The summed E-state index contributed by atoms with van der Waals surface area (Å²) in [6.45, 7) is 2.08. The van der Waals surface area contributed by atoms with Crippen LogP contribution in [-0.4, -0.2) is 44.9 Å². The van der Waals surface area contributed by atoms with Gasteiger partial charge in [-0.1, -0.05) is 0 Å². The van der Waals surface area contributed by atoms with Gasteiger partial charge in [-0.3, -0.25) is 0 Å². The van der Waals surface area contributed by atoms with E-state index in [1.165, 1.54) is 23.8 Å². The maximum Gasteiger partial charge on any atom is 0.409 e. The topological polar surface area (TPSA) is 48.0 Å². The van der Waals surface area contributed by atoms with Crippen LogP contribution in [0.15, 0.2) is 6.07 Å². The molecule has 2 aliphatic heterocycles. The van der Waals surface area contributed by atoms with Gasteiger partial charge in [-0.15, -0.1) is 0 Å². The van der Waals surface area contributed by atoms with Gasteiger partial charge in [0.2, 0.25) is 0 Å². The average Bonchev–Trinajstić information content (AvgIpc) is 3.10. The zero-order valence-electron chi connectivity index (χ0n) is 11.9. The van der Waals surface area contributed by atoms with Crippen LogP contribution in [0, 0.1) is 0 Å². The molecule has 0 spiro atoms. The maximum atomic E-state index is 11.4. The molecule has 1 aromatic carbocycles. The van der Waals surface area contributed by atoms with Gasteiger partial charge in [0.15, 0.2) is 0 Å². The molecule has 3 rings (SSSR count). The summed E-state index contributed by atoms with van der Waals surface area (Å²) in [7, 11) is 3.14. The third kappa shape index (κ3) is 2.17. The molecule has 0 unspecified atom stereocenters. The Labute approximate surface area is 118 Å². The SMILES string of the molecule is COC(=O)N(C)CCc1c2c(cc3c1OCC3)OCC2. The fourth-order valence-electron chi connectivity index (χ4n) is 2.88. The van der Waals surface area contributed by atoms with Crippen molar-refractivity contribution >= 4 is 6.09 Å². The summed E-state index contributed by atoms with van der Waals surface area (Å²) in [4.78, 5) is 13.0. The van der Waals surface area contributed by atoms with Gasteiger partial charge in [-0.05, 0) is 12.5 Å². The van der Waals surface area contributed by atoms with E-state index in [4.69, 9.17) is 14.2 Å². The Morgan fingerprint density at radius 1 is 1.35 bits per heavy atom. The van der Waals surface area contributed by atoms with Crippen molar-refractivity contribution in [2.45, 2.75) is 19.3 Å². The summed E-state index contributed by atoms with van der Waals surface area (Å²) < 4.78 is 16.2. The molecular weight excluding hydrogens is 258 g/mol. The Kier molecular flexibility index (Phi) is 3.42. The van der Waals surface area contributed by atoms with Crippen LogP contribution in [0.5, 0.6) is 11.5 Å². The molecule has 0 radical (unpaired) electrons.